The normalized spacial score (nSPS) is 14.5. The third kappa shape index (κ3) is 2.43. The molecule has 5 rings (SSSR count). The number of rotatable bonds is 5. The van der Waals surface area contributed by atoms with Crippen molar-refractivity contribution in [1.29, 1.82) is 0 Å². The molecule has 0 unspecified atom stereocenters. The average Bonchev–Trinajstić information content (AvgIpc) is 3.30. The van der Waals surface area contributed by atoms with Gasteiger partial charge < -0.3 is 28.7 Å². The van der Waals surface area contributed by atoms with E-state index in [2.05, 4.69) is 4.90 Å². The van der Waals surface area contributed by atoms with Crippen molar-refractivity contribution in [3.63, 3.8) is 0 Å². The number of anilines is 1. The lowest BCUT2D eigenvalue weighted by atomic mass is 9.96. The van der Waals surface area contributed by atoms with Crippen LogP contribution in [0.5, 0.6) is 23.0 Å². The molecule has 0 N–H and O–H groups in total. The topological polar surface area (TPSA) is 60.5 Å². The molecule has 3 aromatic rings. The largest absolute Gasteiger partial charge is 0.493 e. The number of fused-ring (bicyclic) bond motifs is 4. The smallest absolute Gasteiger partial charge is 0.259 e. The maximum absolute atomic E-state index is 13.3. The first-order chi connectivity index (χ1) is 14.0. The zero-order valence-electron chi connectivity index (χ0n) is 16.9. The highest BCUT2D eigenvalue weighted by Crippen LogP contribution is 2.52. The number of carbonyl (C=O) groups excluding carboxylic acids is 1. The summed E-state index contributed by atoms with van der Waals surface area (Å²) in [4.78, 5) is 17.2. The van der Waals surface area contributed by atoms with Crippen LogP contribution in [0.25, 0.3) is 21.5 Å². The molecule has 0 aromatic heterocycles. The second kappa shape index (κ2) is 6.42. The highest BCUT2D eigenvalue weighted by molar-refractivity contribution is 6.32. The van der Waals surface area contributed by atoms with Crippen LogP contribution in [0.4, 0.5) is 5.69 Å². The number of ether oxygens (including phenoxy) is 4. The van der Waals surface area contributed by atoms with Gasteiger partial charge in [-0.15, -0.1) is 0 Å². The van der Waals surface area contributed by atoms with Crippen molar-refractivity contribution in [1.82, 2.24) is 4.90 Å². The Morgan fingerprint density at radius 3 is 2.62 bits per heavy atom. The van der Waals surface area contributed by atoms with Crippen LogP contribution in [0.1, 0.15) is 10.4 Å². The van der Waals surface area contributed by atoms with E-state index in [1.807, 2.05) is 37.2 Å². The van der Waals surface area contributed by atoms with E-state index in [9.17, 15) is 4.79 Å². The van der Waals surface area contributed by atoms with Gasteiger partial charge in [0.2, 0.25) is 6.79 Å². The fourth-order valence-electron chi connectivity index (χ4n) is 4.24. The minimum atomic E-state index is -0.0306. The lowest BCUT2D eigenvalue weighted by Crippen LogP contribution is -2.33. The van der Waals surface area contributed by atoms with Crippen molar-refractivity contribution in [2.24, 2.45) is 0 Å². The van der Waals surface area contributed by atoms with Crippen LogP contribution in [0, 0.1) is 0 Å². The van der Waals surface area contributed by atoms with Gasteiger partial charge in [0.05, 0.1) is 25.5 Å². The quantitative estimate of drug-likeness (QED) is 0.619. The van der Waals surface area contributed by atoms with Crippen LogP contribution in [-0.4, -0.2) is 59.0 Å². The van der Waals surface area contributed by atoms with Crippen molar-refractivity contribution in [3.05, 3.63) is 29.8 Å². The Morgan fingerprint density at radius 1 is 1.07 bits per heavy atom. The number of nitrogens with zero attached hydrogens (tertiary/aromatic N) is 2. The molecule has 0 aliphatic carbocycles. The Kier molecular flexibility index (Phi) is 3.96. The molecule has 29 heavy (non-hydrogen) atoms. The number of carbonyl (C=O) groups is 1. The molecule has 0 saturated heterocycles. The van der Waals surface area contributed by atoms with Gasteiger partial charge in [0.1, 0.15) is 0 Å². The first kappa shape index (κ1) is 17.9. The molecule has 3 aromatic carbocycles. The predicted octanol–water partition coefficient (Wildman–Crippen LogP) is 3.26. The average molecular weight is 394 g/mol. The molecule has 1 amide bonds. The number of hydrogen-bond donors (Lipinski definition) is 0. The summed E-state index contributed by atoms with van der Waals surface area (Å²) in [5.74, 6) is 2.51. The van der Waals surface area contributed by atoms with Crippen LogP contribution in [0.15, 0.2) is 24.3 Å². The highest BCUT2D eigenvalue weighted by Gasteiger charge is 2.34. The van der Waals surface area contributed by atoms with Crippen LogP contribution in [-0.2, 0) is 0 Å². The number of likely N-dealkylation sites (N-methyl/N-ethyl adjacent to an activating group) is 1. The molecule has 2 aliphatic heterocycles. The van der Waals surface area contributed by atoms with Gasteiger partial charge in [-0.2, -0.15) is 0 Å². The molecule has 0 bridgehead atoms. The summed E-state index contributed by atoms with van der Waals surface area (Å²) < 4.78 is 22.7. The Labute approximate surface area is 168 Å². The van der Waals surface area contributed by atoms with Crippen LogP contribution in [0.2, 0.25) is 0 Å². The monoisotopic (exact) mass is 394 g/mol. The summed E-state index contributed by atoms with van der Waals surface area (Å²) in [5.41, 5.74) is 1.49. The molecule has 0 atom stereocenters. The third-order valence-electron chi connectivity index (χ3n) is 5.59. The SMILES string of the molecule is COc1cc2c3c(cc4c5c(ccc4c3c1OC)OCO5)N(CCN(C)C)C2=O. The molecule has 150 valence electrons. The van der Waals surface area contributed by atoms with E-state index >= 15 is 0 Å². The molecule has 2 heterocycles. The summed E-state index contributed by atoms with van der Waals surface area (Å²) in [6.07, 6.45) is 0. The summed E-state index contributed by atoms with van der Waals surface area (Å²) in [7, 11) is 7.19. The molecule has 0 fully saturated rings. The van der Waals surface area contributed by atoms with Gasteiger partial charge in [0.25, 0.3) is 5.91 Å². The Balaban J connectivity index is 1.89. The Bertz CT molecular complexity index is 1170. The fraction of sp³-hybridized carbons (Fsp3) is 0.318. The maximum atomic E-state index is 13.3. The standard InChI is InChI=1S/C22H22N2O5/c1-23(2)7-8-24-15-9-13-12(5-6-16-20(13)29-11-28-16)19-18(15)14(22(24)25)10-17(26-3)21(19)27-4/h5-6,9-10H,7-8,11H2,1-4H3. The van der Waals surface area contributed by atoms with Gasteiger partial charge in [-0.05, 0) is 43.7 Å². The minimum Gasteiger partial charge on any atom is -0.493 e. The Morgan fingerprint density at radius 2 is 1.90 bits per heavy atom. The van der Waals surface area contributed by atoms with E-state index in [1.165, 1.54) is 0 Å². The lowest BCUT2D eigenvalue weighted by molar-refractivity contribution is 0.0991. The first-order valence-corrected chi connectivity index (χ1v) is 9.45. The van der Waals surface area contributed by atoms with Crippen LogP contribution < -0.4 is 23.8 Å². The summed E-state index contributed by atoms with van der Waals surface area (Å²) >= 11 is 0. The molecule has 0 spiro atoms. The molecular weight excluding hydrogens is 372 g/mol. The van der Waals surface area contributed by atoms with Gasteiger partial charge in [-0.1, -0.05) is 0 Å². The summed E-state index contributed by atoms with van der Waals surface area (Å²) in [6.45, 7) is 1.52. The maximum Gasteiger partial charge on any atom is 0.259 e. The van der Waals surface area contributed by atoms with E-state index < -0.39 is 0 Å². The van der Waals surface area contributed by atoms with Crippen molar-refractivity contribution in [3.8, 4) is 23.0 Å². The molecule has 0 saturated carbocycles. The van der Waals surface area contributed by atoms with Gasteiger partial charge >= 0.3 is 0 Å². The molecule has 0 radical (unpaired) electrons. The number of amides is 1. The number of benzene rings is 3. The number of hydrogen-bond acceptors (Lipinski definition) is 6. The van der Waals surface area contributed by atoms with Gasteiger partial charge in [-0.3, -0.25) is 4.79 Å². The molecule has 7 heteroatoms. The van der Waals surface area contributed by atoms with E-state index in [4.69, 9.17) is 18.9 Å². The predicted molar refractivity (Wildman–Crippen MR) is 111 cm³/mol. The zero-order valence-corrected chi connectivity index (χ0v) is 16.9. The Hall–Kier alpha value is -3.19. The second-order valence-corrected chi connectivity index (χ2v) is 7.46. The number of methoxy groups -OCH3 is 2. The van der Waals surface area contributed by atoms with E-state index in [1.54, 1.807) is 20.3 Å². The fourth-order valence-corrected chi connectivity index (χ4v) is 4.24. The van der Waals surface area contributed by atoms with Crippen LogP contribution in [0.3, 0.4) is 0 Å². The van der Waals surface area contributed by atoms with Gasteiger partial charge in [0, 0.05) is 29.2 Å². The van der Waals surface area contributed by atoms with Crippen molar-refractivity contribution >= 4 is 33.1 Å². The van der Waals surface area contributed by atoms with E-state index in [0.717, 1.165) is 33.8 Å². The molecular formula is C22H22N2O5. The van der Waals surface area contributed by atoms with E-state index in [0.29, 0.717) is 35.1 Å². The van der Waals surface area contributed by atoms with Gasteiger partial charge in [-0.25, -0.2) is 0 Å². The zero-order chi connectivity index (χ0) is 20.3. The van der Waals surface area contributed by atoms with Crippen molar-refractivity contribution < 1.29 is 23.7 Å². The van der Waals surface area contributed by atoms with Crippen LogP contribution >= 0.6 is 0 Å². The second-order valence-electron chi connectivity index (χ2n) is 7.46. The molecule has 2 aliphatic rings. The van der Waals surface area contributed by atoms with Crippen molar-refractivity contribution in [2.75, 3.05) is 53.1 Å². The van der Waals surface area contributed by atoms with E-state index in [-0.39, 0.29) is 12.7 Å². The van der Waals surface area contributed by atoms with Crippen molar-refractivity contribution in [2.45, 2.75) is 0 Å². The molecule has 7 nitrogen and oxygen atoms in total. The highest BCUT2D eigenvalue weighted by atomic mass is 16.7. The summed E-state index contributed by atoms with van der Waals surface area (Å²) in [6, 6.07) is 7.69. The minimum absolute atomic E-state index is 0.0306. The third-order valence-corrected chi connectivity index (χ3v) is 5.59. The first-order valence-electron chi connectivity index (χ1n) is 9.45. The summed E-state index contributed by atoms with van der Waals surface area (Å²) in [5, 5.41) is 3.57. The lowest BCUT2D eigenvalue weighted by Gasteiger charge is -2.21. The van der Waals surface area contributed by atoms with Gasteiger partial charge in [0.15, 0.2) is 23.0 Å².